The minimum Gasteiger partial charge on any atom is -0.481 e. The average Bonchev–Trinajstić information content (AvgIpc) is 3.49. The summed E-state index contributed by atoms with van der Waals surface area (Å²) in [5.74, 6) is -2.43. The molecule has 2 fully saturated rings. The molecule has 2 aromatic rings. The third-order valence-corrected chi connectivity index (χ3v) is 7.82. The van der Waals surface area contributed by atoms with Crippen LogP contribution in [0.4, 0.5) is 16.2 Å². The van der Waals surface area contributed by atoms with Crippen LogP contribution in [0.25, 0.3) is 0 Å². The number of amides is 2. The van der Waals surface area contributed by atoms with Gasteiger partial charge in [0.05, 0.1) is 11.8 Å². The summed E-state index contributed by atoms with van der Waals surface area (Å²) in [4.78, 5) is 36.6. The van der Waals surface area contributed by atoms with Crippen LogP contribution in [-0.4, -0.2) is 53.4 Å². The molecule has 6 N–H and O–H groups in total. The zero-order chi connectivity index (χ0) is 27.2. The van der Waals surface area contributed by atoms with Gasteiger partial charge in [0.2, 0.25) is 0 Å². The van der Waals surface area contributed by atoms with Gasteiger partial charge in [-0.15, -0.1) is 0 Å². The highest BCUT2D eigenvalue weighted by Crippen LogP contribution is 2.28. The van der Waals surface area contributed by atoms with Crippen LogP contribution in [0.2, 0.25) is 0 Å². The first-order valence-corrected chi connectivity index (χ1v) is 13.4. The Kier molecular flexibility index (Phi) is 9.01. The lowest BCUT2D eigenvalue weighted by Gasteiger charge is -2.19. The van der Waals surface area contributed by atoms with E-state index in [1.807, 2.05) is 36.4 Å². The molecule has 9 heteroatoms. The van der Waals surface area contributed by atoms with Crippen molar-refractivity contribution in [2.24, 2.45) is 23.7 Å². The van der Waals surface area contributed by atoms with Gasteiger partial charge in [0.15, 0.2) is 0 Å². The summed E-state index contributed by atoms with van der Waals surface area (Å²) in [7, 11) is 0. The molecular formula is C29H38N4O5. The second-order valence-corrected chi connectivity index (χ2v) is 10.9. The predicted molar refractivity (Wildman–Crippen MR) is 146 cm³/mol. The minimum atomic E-state index is -0.800. The molecule has 9 nitrogen and oxygen atoms in total. The lowest BCUT2D eigenvalue weighted by Crippen LogP contribution is -2.27. The molecule has 0 aliphatic carbocycles. The predicted octanol–water partition coefficient (Wildman–Crippen LogP) is 3.81. The first-order chi connectivity index (χ1) is 18.2. The Morgan fingerprint density at radius 1 is 0.789 bits per heavy atom. The van der Waals surface area contributed by atoms with Crippen molar-refractivity contribution >= 4 is 29.3 Å². The second-order valence-electron chi connectivity index (χ2n) is 10.9. The fourth-order valence-electron chi connectivity index (χ4n) is 5.82. The summed E-state index contributed by atoms with van der Waals surface area (Å²) in [6.07, 6.45) is 2.46. The molecule has 2 heterocycles. The third kappa shape index (κ3) is 7.33. The van der Waals surface area contributed by atoms with Gasteiger partial charge in [-0.3, -0.25) is 9.59 Å². The number of anilines is 2. The van der Waals surface area contributed by atoms with E-state index in [4.69, 9.17) is 0 Å². The van der Waals surface area contributed by atoms with Gasteiger partial charge in [-0.2, -0.15) is 0 Å². The second kappa shape index (κ2) is 12.4. The topological polar surface area (TPSA) is 140 Å². The summed E-state index contributed by atoms with van der Waals surface area (Å²) in [5.41, 5.74) is 2.86. The number of carboxylic acids is 2. The molecule has 2 aliphatic heterocycles. The van der Waals surface area contributed by atoms with Gasteiger partial charge in [-0.25, -0.2) is 4.79 Å². The number of rotatable bonds is 10. The van der Waals surface area contributed by atoms with Crippen molar-refractivity contribution in [2.45, 2.75) is 51.6 Å². The zero-order valence-corrected chi connectivity index (χ0v) is 21.9. The fourth-order valence-corrected chi connectivity index (χ4v) is 5.82. The Morgan fingerprint density at radius 3 is 1.55 bits per heavy atom. The van der Waals surface area contributed by atoms with E-state index in [-0.39, 0.29) is 11.8 Å². The van der Waals surface area contributed by atoms with Crippen LogP contribution >= 0.6 is 0 Å². The fraction of sp³-hybridized carbons (Fsp3) is 0.483. The SMILES string of the molecule is C[C@@H]1C[C@H]([C@H](Cc2cccc(NC(=O)Nc3cccc(C[C@H](C(=O)O)[C@@H]4CN[C@H](C)C4)c3)c2)C(=O)O)CN1. The molecule has 2 aliphatic rings. The van der Waals surface area contributed by atoms with Gasteiger partial charge in [0, 0.05) is 23.5 Å². The van der Waals surface area contributed by atoms with Gasteiger partial charge in [0.1, 0.15) is 0 Å². The number of urea groups is 1. The molecule has 0 aromatic heterocycles. The van der Waals surface area contributed by atoms with Gasteiger partial charge in [0.25, 0.3) is 0 Å². The van der Waals surface area contributed by atoms with Crippen molar-refractivity contribution in [1.29, 1.82) is 0 Å². The quantitative estimate of drug-likeness (QED) is 0.279. The molecule has 0 saturated carbocycles. The van der Waals surface area contributed by atoms with Crippen LogP contribution in [0.1, 0.15) is 37.8 Å². The minimum absolute atomic E-state index is 0.0729. The maximum atomic E-state index is 12.7. The lowest BCUT2D eigenvalue weighted by molar-refractivity contribution is -0.144. The Morgan fingerprint density at radius 2 is 1.21 bits per heavy atom. The molecule has 204 valence electrons. The summed E-state index contributed by atoms with van der Waals surface area (Å²) >= 11 is 0. The van der Waals surface area contributed by atoms with E-state index in [1.54, 1.807) is 12.1 Å². The Balaban J connectivity index is 1.36. The molecule has 4 rings (SSSR count). The molecule has 0 radical (unpaired) electrons. The maximum Gasteiger partial charge on any atom is 0.323 e. The molecule has 2 saturated heterocycles. The first-order valence-electron chi connectivity index (χ1n) is 13.4. The zero-order valence-electron chi connectivity index (χ0n) is 21.9. The number of nitrogens with one attached hydrogen (secondary N) is 4. The standard InChI is InChI=1S/C29H38N4O5/c1-17-9-21(15-30-17)25(27(34)35)13-19-5-3-7-23(11-19)32-29(38)33-24-8-4-6-20(12-24)14-26(28(36)37)22-10-18(2)31-16-22/h3-8,11-12,17-18,21-22,25-26,30-31H,9-10,13-16H2,1-2H3,(H,34,35)(H,36,37)(H2,32,33,38)/t17-,18-,21+,22+,25+,26+/m1/s1. The van der Waals surface area contributed by atoms with E-state index < -0.39 is 29.8 Å². The molecule has 2 amide bonds. The average molecular weight is 523 g/mol. The summed E-state index contributed by atoms with van der Waals surface area (Å²) in [6.45, 7) is 5.52. The van der Waals surface area contributed by atoms with Crippen LogP contribution < -0.4 is 21.3 Å². The number of carboxylic acid groups (broad SMARTS) is 2. The molecule has 0 unspecified atom stereocenters. The lowest BCUT2D eigenvalue weighted by atomic mass is 9.85. The highest BCUT2D eigenvalue weighted by atomic mass is 16.4. The van der Waals surface area contributed by atoms with Crippen molar-refractivity contribution in [3.63, 3.8) is 0 Å². The van der Waals surface area contributed by atoms with E-state index in [0.29, 0.717) is 49.4 Å². The largest absolute Gasteiger partial charge is 0.481 e. The number of hydrogen-bond donors (Lipinski definition) is 6. The molecule has 2 aromatic carbocycles. The van der Waals surface area contributed by atoms with Crippen LogP contribution in [0.3, 0.4) is 0 Å². The van der Waals surface area contributed by atoms with Crippen LogP contribution in [0.15, 0.2) is 48.5 Å². The maximum absolute atomic E-state index is 12.7. The Hall–Kier alpha value is -3.43. The monoisotopic (exact) mass is 522 g/mol. The normalized spacial score (nSPS) is 24.5. The van der Waals surface area contributed by atoms with Gasteiger partial charge in [-0.05, 0) is 99.8 Å². The number of carbonyl (C=O) groups is 3. The number of aliphatic carboxylic acids is 2. The number of carbonyl (C=O) groups excluding carboxylic acids is 1. The van der Waals surface area contributed by atoms with Crippen LogP contribution in [0.5, 0.6) is 0 Å². The molecule has 6 atom stereocenters. The van der Waals surface area contributed by atoms with Gasteiger partial charge < -0.3 is 31.5 Å². The van der Waals surface area contributed by atoms with E-state index in [1.165, 1.54) is 0 Å². The summed E-state index contributed by atoms with van der Waals surface area (Å²) < 4.78 is 0. The van der Waals surface area contributed by atoms with Gasteiger partial charge >= 0.3 is 18.0 Å². The van der Waals surface area contributed by atoms with E-state index >= 15 is 0 Å². The Labute approximate surface area is 223 Å². The number of hydrogen-bond acceptors (Lipinski definition) is 5. The summed E-state index contributed by atoms with van der Waals surface area (Å²) in [5, 5.41) is 31.9. The molecule has 0 bridgehead atoms. The van der Waals surface area contributed by atoms with E-state index in [0.717, 1.165) is 24.0 Å². The van der Waals surface area contributed by atoms with Crippen molar-refractivity contribution in [2.75, 3.05) is 23.7 Å². The first kappa shape index (κ1) is 27.6. The molecule has 0 spiro atoms. The number of benzene rings is 2. The molecule has 38 heavy (non-hydrogen) atoms. The Bertz CT molecular complexity index is 1070. The van der Waals surface area contributed by atoms with Crippen molar-refractivity contribution in [3.8, 4) is 0 Å². The highest BCUT2D eigenvalue weighted by molar-refractivity contribution is 5.99. The van der Waals surface area contributed by atoms with E-state index in [9.17, 15) is 24.6 Å². The van der Waals surface area contributed by atoms with Crippen molar-refractivity contribution in [1.82, 2.24) is 10.6 Å². The van der Waals surface area contributed by atoms with E-state index in [2.05, 4.69) is 35.1 Å². The van der Waals surface area contributed by atoms with Crippen molar-refractivity contribution < 1.29 is 24.6 Å². The summed E-state index contributed by atoms with van der Waals surface area (Å²) in [6, 6.07) is 14.7. The highest BCUT2D eigenvalue weighted by Gasteiger charge is 2.34. The van der Waals surface area contributed by atoms with Crippen molar-refractivity contribution in [3.05, 3.63) is 59.7 Å². The smallest absolute Gasteiger partial charge is 0.323 e. The molecular weight excluding hydrogens is 484 g/mol. The van der Waals surface area contributed by atoms with Gasteiger partial charge in [-0.1, -0.05) is 24.3 Å². The van der Waals surface area contributed by atoms with Crippen LogP contribution in [-0.2, 0) is 22.4 Å². The van der Waals surface area contributed by atoms with Crippen LogP contribution in [0, 0.1) is 23.7 Å². The third-order valence-electron chi connectivity index (χ3n) is 7.82.